The van der Waals surface area contributed by atoms with E-state index in [4.69, 9.17) is 4.74 Å². The maximum absolute atomic E-state index is 11.6. The third-order valence-electron chi connectivity index (χ3n) is 3.23. The van der Waals surface area contributed by atoms with Gasteiger partial charge in [0.2, 0.25) is 0 Å². The molecule has 2 aromatic heterocycles. The first-order valence-electron chi connectivity index (χ1n) is 6.30. The highest BCUT2D eigenvalue weighted by Crippen LogP contribution is 2.40. The Labute approximate surface area is 135 Å². The number of methoxy groups -OCH3 is 1. The van der Waals surface area contributed by atoms with Gasteiger partial charge in [-0.05, 0) is 23.8 Å². The molecule has 4 nitrogen and oxygen atoms in total. The molecule has 0 N–H and O–H groups in total. The van der Waals surface area contributed by atoms with Crippen LogP contribution in [0.15, 0.2) is 40.6 Å². The molecule has 0 aliphatic heterocycles. The molecule has 3 aromatic rings. The van der Waals surface area contributed by atoms with Crippen LogP contribution in [0.2, 0.25) is 0 Å². The molecule has 1 aromatic carbocycles. The van der Waals surface area contributed by atoms with E-state index in [-0.39, 0.29) is 5.97 Å². The standard InChI is InChI=1S/C15H12O4S3/c1-19-15(16)13-7-12-14(21-13)11(8-20-12)9-3-5-10(6-4-9)22(2,17)18/h3-8H,1-2H3. The highest BCUT2D eigenvalue weighted by molar-refractivity contribution is 7.90. The van der Waals surface area contributed by atoms with Gasteiger partial charge in [0, 0.05) is 21.9 Å². The van der Waals surface area contributed by atoms with Crippen LogP contribution in [-0.4, -0.2) is 27.8 Å². The number of fused-ring (bicyclic) bond motifs is 1. The molecule has 0 saturated heterocycles. The molecule has 0 atom stereocenters. The van der Waals surface area contributed by atoms with E-state index in [1.54, 1.807) is 35.6 Å². The van der Waals surface area contributed by atoms with Crippen molar-refractivity contribution in [3.8, 4) is 11.1 Å². The number of hydrogen-bond donors (Lipinski definition) is 0. The van der Waals surface area contributed by atoms with Crippen molar-refractivity contribution in [2.24, 2.45) is 0 Å². The maximum Gasteiger partial charge on any atom is 0.348 e. The monoisotopic (exact) mass is 352 g/mol. The molecule has 0 amide bonds. The number of rotatable bonds is 3. The summed E-state index contributed by atoms with van der Waals surface area (Å²) in [6.07, 6.45) is 1.19. The Morgan fingerprint density at radius 1 is 1.18 bits per heavy atom. The lowest BCUT2D eigenvalue weighted by Crippen LogP contribution is -1.96. The zero-order chi connectivity index (χ0) is 15.9. The van der Waals surface area contributed by atoms with E-state index in [1.165, 1.54) is 24.7 Å². The second-order valence-electron chi connectivity index (χ2n) is 4.74. The summed E-state index contributed by atoms with van der Waals surface area (Å²) in [5, 5.41) is 2.01. The summed E-state index contributed by atoms with van der Waals surface area (Å²) in [6, 6.07) is 8.60. The molecule has 0 saturated carbocycles. The Kier molecular flexibility index (Phi) is 3.80. The van der Waals surface area contributed by atoms with Crippen molar-refractivity contribution < 1.29 is 17.9 Å². The molecule has 0 spiro atoms. The van der Waals surface area contributed by atoms with Gasteiger partial charge >= 0.3 is 5.97 Å². The van der Waals surface area contributed by atoms with Crippen LogP contribution in [-0.2, 0) is 14.6 Å². The summed E-state index contributed by atoms with van der Waals surface area (Å²) >= 11 is 2.94. The van der Waals surface area contributed by atoms with E-state index < -0.39 is 9.84 Å². The van der Waals surface area contributed by atoms with Crippen molar-refractivity contribution in [2.75, 3.05) is 13.4 Å². The van der Waals surface area contributed by atoms with Gasteiger partial charge in [-0.2, -0.15) is 0 Å². The average Bonchev–Trinajstić information content (AvgIpc) is 3.05. The average molecular weight is 352 g/mol. The summed E-state index contributed by atoms with van der Waals surface area (Å²) in [7, 11) is -1.84. The SMILES string of the molecule is COC(=O)c1cc2scc(-c3ccc(S(C)(=O)=O)cc3)c2s1. The second-order valence-corrected chi connectivity index (χ2v) is 8.72. The van der Waals surface area contributed by atoms with E-state index in [2.05, 4.69) is 0 Å². The summed E-state index contributed by atoms with van der Waals surface area (Å²) in [5.74, 6) is -0.341. The minimum absolute atomic E-state index is 0.296. The zero-order valence-electron chi connectivity index (χ0n) is 11.8. The predicted octanol–water partition coefficient (Wildman–Crippen LogP) is 3.82. The first-order chi connectivity index (χ1) is 10.4. The van der Waals surface area contributed by atoms with Crippen LogP contribution in [0.4, 0.5) is 0 Å². The number of thiophene rings is 2. The number of sulfone groups is 1. The maximum atomic E-state index is 11.6. The second kappa shape index (κ2) is 5.49. The lowest BCUT2D eigenvalue weighted by Gasteiger charge is -2.01. The molecule has 0 bridgehead atoms. The Morgan fingerprint density at radius 3 is 2.45 bits per heavy atom. The van der Waals surface area contributed by atoms with Crippen molar-refractivity contribution in [1.29, 1.82) is 0 Å². The lowest BCUT2D eigenvalue weighted by molar-refractivity contribution is 0.0606. The molecule has 0 fully saturated rings. The van der Waals surface area contributed by atoms with Crippen LogP contribution in [0.3, 0.4) is 0 Å². The van der Waals surface area contributed by atoms with Crippen molar-refractivity contribution in [3.05, 3.63) is 40.6 Å². The van der Waals surface area contributed by atoms with E-state index in [1.807, 2.05) is 11.4 Å². The van der Waals surface area contributed by atoms with Crippen molar-refractivity contribution in [2.45, 2.75) is 4.90 Å². The smallest absolute Gasteiger partial charge is 0.348 e. The number of ether oxygens (including phenoxy) is 1. The van der Waals surface area contributed by atoms with Gasteiger partial charge in [-0.1, -0.05) is 12.1 Å². The number of benzene rings is 1. The third-order valence-corrected chi connectivity index (χ3v) is 6.56. The number of esters is 1. The number of carbonyl (C=O) groups excluding carboxylic acids is 1. The van der Waals surface area contributed by atoms with Gasteiger partial charge in [-0.15, -0.1) is 22.7 Å². The molecule has 3 rings (SSSR count). The Morgan fingerprint density at radius 2 is 1.86 bits per heavy atom. The topological polar surface area (TPSA) is 60.4 Å². The van der Waals surface area contributed by atoms with Gasteiger partial charge in [-0.3, -0.25) is 0 Å². The van der Waals surface area contributed by atoms with Crippen LogP contribution in [0.25, 0.3) is 20.5 Å². The summed E-state index contributed by atoms with van der Waals surface area (Å²) in [6.45, 7) is 0. The van der Waals surface area contributed by atoms with Crippen molar-refractivity contribution in [3.63, 3.8) is 0 Å². The van der Waals surface area contributed by atoms with Crippen molar-refractivity contribution in [1.82, 2.24) is 0 Å². The van der Waals surface area contributed by atoms with Gasteiger partial charge in [0.25, 0.3) is 0 Å². The van der Waals surface area contributed by atoms with Crippen LogP contribution >= 0.6 is 22.7 Å². The highest BCUT2D eigenvalue weighted by atomic mass is 32.2. The van der Waals surface area contributed by atoms with Gasteiger partial charge in [0.1, 0.15) is 4.88 Å². The molecular formula is C15H12O4S3. The zero-order valence-corrected chi connectivity index (χ0v) is 14.3. The van der Waals surface area contributed by atoms with Crippen molar-refractivity contribution >= 4 is 47.9 Å². The van der Waals surface area contributed by atoms with Crippen LogP contribution in [0.5, 0.6) is 0 Å². The molecule has 0 radical (unpaired) electrons. The van der Waals surface area contributed by atoms with Crippen LogP contribution in [0, 0.1) is 0 Å². The molecule has 2 heterocycles. The number of carbonyl (C=O) groups is 1. The molecule has 22 heavy (non-hydrogen) atoms. The van der Waals surface area contributed by atoms with Crippen LogP contribution in [0.1, 0.15) is 9.67 Å². The number of hydrogen-bond acceptors (Lipinski definition) is 6. The molecule has 0 aliphatic rings. The van der Waals surface area contributed by atoms with E-state index in [0.29, 0.717) is 9.77 Å². The van der Waals surface area contributed by atoms with E-state index in [0.717, 1.165) is 20.5 Å². The fourth-order valence-electron chi connectivity index (χ4n) is 2.11. The predicted molar refractivity (Wildman–Crippen MR) is 89.6 cm³/mol. The summed E-state index contributed by atoms with van der Waals surface area (Å²) in [4.78, 5) is 12.5. The van der Waals surface area contributed by atoms with Gasteiger partial charge < -0.3 is 4.74 Å². The van der Waals surface area contributed by atoms with Gasteiger partial charge in [0.15, 0.2) is 9.84 Å². The molecular weight excluding hydrogens is 340 g/mol. The lowest BCUT2D eigenvalue weighted by atomic mass is 10.1. The fraction of sp³-hybridized carbons (Fsp3) is 0.133. The fourth-order valence-corrected chi connectivity index (χ4v) is 5.07. The third kappa shape index (κ3) is 2.67. The Balaban J connectivity index is 2.06. The summed E-state index contributed by atoms with van der Waals surface area (Å²) in [5.41, 5.74) is 1.93. The minimum Gasteiger partial charge on any atom is -0.465 e. The highest BCUT2D eigenvalue weighted by Gasteiger charge is 2.16. The largest absolute Gasteiger partial charge is 0.465 e. The molecule has 114 valence electrons. The van der Waals surface area contributed by atoms with E-state index >= 15 is 0 Å². The normalized spacial score (nSPS) is 11.7. The van der Waals surface area contributed by atoms with Crippen LogP contribution < -0.4 is 0 Å². The first kappa shape index (κ1) is 15.2. The Bertz CT molecular complexity index is 947. The van der Waals surface area contributed by atoms with Gasteiger partial charge in [0.05, 0.1) is 16.7 Å². The van der Waals surface area contributed by atoms with Gasteiger partial charge in [-0.25, -0.2) is 13.2 Å². The van der Waals surface area contributed by atoms with E-state index in [9.17, 15) is 13.2 Å². The minimum atomic E-state index is -3.20. The molecule has 0 aliphatic carbocycles. The Hall–Kier alpha value is -1.70. The quantitative estimate of drug-likeness (QED) is 0.672. The molecule has 0 unspecified atom stereocenters. The summed E-state index contributed by atoms with van der Waals surface area (Å²) < 4.78 is 29.8. The molecule has 7 heteroatoms. The first-order valence-corrected chi connectivity index (χ1v) is 9.89.